The number of nitrogens with one attached hydrogen (secondary N) is 1. The quantitative estimate of drug-likeness (QED) is 0.920. The molecule has 2 aromatic rings. The number of halogens is 2. The molecule has 2 aromatic carbocycles. The van der Waals surface area contributed by atoms with Crippen molar-refractivity contribution in [1.82, 2.24) is 5.32 Å². The minimum Gasteiger partial charge on any atom is -0.497 e. The molecule has 0 saturated carbocycles. The van der Waals surface area contributed by atoms with Gasteiger partial charge in [-0.2, -0.15) is 0 Å². The normalized spacial score (nSPS) is 10.2. The molecule has 5 heteroatoms. The van der Waals surface area contributed by atoms with Crippen molar-refractivity contribution in [1.29, 1.82) is 0 Å². The van der Waals surface area contributed by atoms with Crippen LogP contribution < -0.4 is 10.1 Å². The van der Waals surface area contributed by atoms with Gasteiger partial charge in [-0.1, -0.05) is 35.9 Å². The lowest BCUT2D eigenvalue weighted by Gasteiger charge is -2.08. The predicted molar refractivity (Wildman–Crippen MR) is 80.0 cm³/mol. The molecule has 0 aromatic heterocycles. The third-order valence-corrected chi connectivity index (χ3v) is 3.40. The summed E-state index contributed by atoms with van der Waals surface area (Å²) in [5, 5.41) is 3.14. The molecule has 0 fully saturated rings. The number of amides is 1. The van der Waals surface area contributed by atoms with Gasteiger partial charge in [-0.15, -0.1) is 0 Å². The summed E-state index contributed by atoms with van der Waals surface area (Å²) in [5.41, 5.74) is 1.15. The van der Waals surface area contributed by atoms with Gasteiger partial charge < -0.3 is 10.1 Å². The van der Waals surface area contributed by atoms with Gasteiger partial charge in [0, 0.05) is 17.1 Å². The van der Waals surface area contributed by atoms with Crippen LogP contribution in [0, 0.1) is 5.82 Å². The van der Waals surface area contributed by atoms with Crippen LogP contribution in [0.2, 0.25) is 5.02 Å². The van der Waals surface area contributed by atoms with E-state index in [2.05, 4.69) is 5.32 Å². The van der Waals surface area contributed by atoms with E-state index in [0.29, 0.717) is 21.9 Å². The topological polar surface area (TPSA) is 38.3 Å². The second kappa shape index (κ2) is 7.09. The summed E-state index contributed by atoms with van der Waals surface area (Å²) in [6.07, 6.45) is 0.136. The average molecular weight is 308 g/mol. The molecule has 0 bridgehead atoms. The van der Waals surface area contributed by atoms with Crippen LogP contribution in [0.5, 0.6) is 5.75 Å². The van der Waals surface area contributed by atoms with E-state index < -0.39 is 0 Å². The van der Waals surface area contributed by atoms with Crippen molar-refractivity contribution in [2.24, 2.45) is 0 Å². The van der Waals surface area contributed by atoms with Crippen molar-refractivity contribution in [2.75, 3.05) is 7.11 Å². The third kappa shape index (κ3) is 4.20. The van der Waals surface area contributed by atoms with Crippen molar-refractivity contribution in [3.63, 3.8) is 0 Å². The van der Waals surface area contributed by atoms with Crippen LogP contribution in [0.1, 0.15) is 11.1 Å². The zero-order chi connectivity index (χ0) is 15.2. The Labute approximate surface area is 127 Å². The Morgan fingerprint density at radius 1 is 1.24 bits per heavy atom. The summed E-state index contributed by atoms with van der Waals surface area (Å²) >= 11 is 6.07. The summed E-state index contributed by atoms with van der Waals surface area (Å²) in [6.45, 7) is 0.152. The fourth-order valence-electron chi connectivity index (χ4n) is 1.87. The molecule has 0 unspecified atom stereocenters. The van der Waals surface area contributed by atoms with Crippen molar-refractivity contribution in [2.45, 2.75) is 13.0 Å². The predicted octanol–water partition coefficient (Wildman–Crippen LogP) is 3.35. The van der Waals surface area contributed by atoms with E-state index in [9.17, 15) is 9.18 Å². The summed E-state index contributed by atoms with van der Waals surface area (Å²) in [5.74, 6) is 0.0844. The highest BCUT2D eigenvalue weighted by Crippen LogP contribution is 2.22. The van der Waals surface area contributed by atoms with Gasteiger partial charge >= 0.3 is 0 Å². The van der Waals surface area contributed by atoms with Crippen molar-refractivity contribution in [3.05, 3.63) is 64.4 Å². The van der Waals surface area contributed by atoms with Crippen LogP contribution in [-0.2, 0) is 17.8 Å². The van der Waals surface area contributed by atoms with E-state index in [-0.39, 0.29) is 24.7 Å². The largest absolute Gasteiger partial charge is 0.497 e. The minimum atomic E-state index is -0.333. The van der Waals surface area contributed by atoms with E-state index in [4.69, 9.17) is 16.3 Å². The maximum atomic E-state index is 13.4. The lowest BCUT2D eigenvalue weighted by atomic mass is 10.1. The molecule has 0 atom stereocenters. The monoisotopic (exact) mass is 307 g/mol. The number of carbonyl (C=O) groups excluding carboxylic acids is 1. The summed E-state index contributed by atoms with van der Waals surface area (Å²) < 4.78 is 18.5. The van der Waals surface area contributed by atoms with Crippen LogP contribution in [-0.4, -0.2) is 13.0 Å². The first-order valence-corrected chi connectivity index (χ1v) is 6.80. The van der Waals surface area contributed by atoms with E-state index in [1.165, 1.54) is 6.07 Å². The number of hydrogen-bond acceptors (Lipinski definition) is 2. The molecule has 0 aliphatic carbocycles. The molecular formula is C16H15ClFNO2. The van der Waals surface area contributed by atoms with Gasteiger partial charge in [-0.3, -0.25) is 4.79 Å². The number of carbonyl (C=O) groups is 1. The number of ether oxygens (including phenoxy) is 1. The van der Waals surface area contributed by atoms with Crippen LogP contribution >= 0.6 is 11.6 Å². The number of rotatable bonds is 5. The SMILES string of the molecule is COc1ccc(CC(=O)NCc2ccccc2F)c(Cl)c1. The summed E-state index contributed by atoms with van der Waals surface area (Å²) in [6, 6.07) is 11.5. The Bertz CT molecular complexity index is 646. The third-order valence-electron chi connectivity index (χ3n) is 3.05. The van der Waals surface area contributed by atoms with Crippen LogP contribution in [0.3, 0.4) is 0 Å². The Hall–Kier alpha value is -2.07. The molecular weight excluding hydrogens is 293 g/mol. The first-order chi connectivity index (χ1) is 10.1. The minimum absolute atomic E-state index is 0.136. The number of benzene rings is 2. The van der Waals surface area contributed by atoms with Gasteiger partial charge in [0.25, 0.3) is 0 Å². The highest BCUT2D eigenvalue weighted by Gasteiger charge is 2.09. The zero-order valence-corrected chi connectivity index (χ0v) is 12.3. The molecule has 1 N–H and O–H groups in total. The second-order valence-electron chi connectivity index (χ2n) is 4.50. The van der Waals surface area contributed by atoms with Crippen molar-refractivity contribution >= 4 is 17.5 Å². The highest BCUT2D eigenvalue weighted by atomic mass is 35.5. The molecule has 21 heavy (non-hydrogen) atoms. The highest BCUT2D eigenvalue weighted by molar-refractivity contribution is 6.31. The molecule has 0 spiro atoms. The molecule has 2 rings (SSSR count). The smallest absolute Gasteiger partial charge is 0.224 e. The molecule has 0 heterocycles. The molecule has 1 amide bonds. The standard InChI is InChI=1S/C16H15ClFNO2/c1-21-13-7-6-11(14(17)9-13)8-16(20)19-10-12-4-2-3-5-15(12)18/h2-7,9H,8,10H2,1H3,(H,19,20). The molecule has 0 radical (unpaired) electrons. The van der Waals surface area contributed by atoms with E-state index in [0.717, 1.165) is 0 Å². The second-order valence-corrected chi connectivity index (χ2v) is 4.91. The summed E-state index contributed by atoms with van der Waals surface area (Å²) in [7, 11) is 1.55. The van der Waals surface area contributed by atoms with Gasteiger partial charge in [0.15, 0.2) is 0 Å². The Morgan fingerprint density at radius 3 is 2.67 bits per heavy atom. The van der Waals surface area contributed by atoms with Gasteiger partial charge in [0.1, 0.15) is 11.6 Å². The van der Waals surface area contributed by atoms with Gasteiger partial charge in [0.05, 0.1) is 13.5 Å². The van der Waals surface area contributed by atoms with Crippen molar-refractivity contribution < 1.29 is 13.9 Å². The molecule has 0 saturated heterocycles. The van der Waals surface area contributed by atoms with Gasteiger partial charge in [0.2, 0.25) is 5.91 Å². The maximum absolute atomic E-state index is 13.4. The molecule has 3 nitrogen and oxygen atoms in total. The molecule has 110 valence electrons. The molecule has 0 aliphatic rings. The molecule has 0 aliphatic heterocycles. The Kier molecular flexibility index (Phi) is 5.17. The first kappa shape index (κ1) is 15.3. The number of methoxy groups -OCH3 is 1. The van der Waals surface area contributed by atoms with Crippen LogP contribution in [0.4, 0.5) is 4.39 Å². The number of hydrogen-bond donors (Lipinski definition) is 1. The first-order valence-electron chi connectivity index (χ1n) is 6.42. The average Bonchev–Trinajstić information content (AvgIpc) is 2.48. The van der Waals surface area contributed by atoms with Crippen molar-refractivity contribution in [3.8, 4) is 5.75 Å². The zero-order valence-electron chi connectivity index (χ0n) is 11.5. The van der Waals surface area contributed by atoms with E-state index in [1.54, 1.807) is 43.5 Å². The van der Waals surface area contributed by atoms with E-state index >= 15 is 0 Å². The lowest BCUT2D eigenvalue weighted by Crippen LogP contribution is -2.25. The van der Waals surface area contributed by atoms with Gasteiger partial charge in [-0.05, 0) is 23.8 Å². The Balaban J connectivity index is 1.95. The van der Waals surface area contributed by atoms with Gasteiger partial charge in [-0.25, -0.2) is 4.39 Å². The summed E-state index contributed by atoms with van der Waals surface area (Å²) in [4.78, 5) is 11.9. The lowest BCUT2D eigenvalue weighted by molar-refractivity contribution is -0.120. The maximum Gasteiger partial charge on any atom is 0.224 e. The fourth-order valence-corrected chi connectivity index (χ4v) is 2.11. The van der Waals surface area contributed by atoms with E-state index in [1.807, 2.05) is 0 Å². The van der Waals surface area contributed by atoms with Crippen LogP contribution in [0.15, 0.2) is 42.5 Å². The Morgan fingerprint density at radius 2 is 2.00 bits per heavy atom. The van der Waals surface area contributed by atoms with Crippen LogP contribution in [0.25, 0.3) is 0 Å². The fraction of sp³-hybridized carbons (Fsp3) is 0.188.